The van der Waals surface area contributed by atoms with E-state index < -0.39 is 0 Å². The second-order valence-corrected chi connectivity index (χ2v) is 6.76. The minimum absolute atomic E-state index is 0. The molecule has 0 saturated heterocycles. The number of rotatable bonds is 5. The summed E-state index contributed by atoms with van der Waals surface area (Å²) in [5.41, 5.74) is 4.29. The van der Waals surface area contributed by atoms with E-state index >= 15 is 0 Å². The van der Waals surface area contributed by atoms with Gasteiger partial charge in [-0.2, -0.15) is 5.10 Å². The van der Waals surface area contributed by atoms with Gasteiger partial charge in [-0.05, 0) is 23.8 Å². The molecule has 2 aromatic heterocycles. The van der Waals surface area contributed by atoms with Crippen LogP contribution in [0.15, 0.2) is 42.6 Å². The summed E-state index contributed by atoms with van der Waals surface area (Å²) in [6.45, 7) is 3.30. The zero-order valence-electron chi connectivity index (χ0n) is 15.8. The third-order valence-electron chi connectivity index (χ3n) is 4.88. The third kappa shape index (κ3) is 4.82. The first-order valence-electron chi connectivity index (χ1n) is 9.03. The van der Waals surface area contributed by atoms with Crippen molar-refractivity contribution in [2.45, 2.75) is 32.5 Å². The average Bonchev–Trinajstić information content (AvgIpc) is 3.09. The molecule has 150 valence electrons. The van der Waals surface area contributed by atoms with Crippen LogP contribution in [0.5, 0.6) is 0 Å². The van der Waals surface area contributed by atoms with Crippen molar-refractivity contribution in [2.75, 3.05) is 13.6 Å². The highest BCUT2D eigenvalue weighted by Gasteiger charge is 2.15. The van der Waals surface area contributed by atoms with Crippen molar-refractivity contribution >= 4 is 41.6 Å². The van der Waals surface area contributed by atoms with Gasteiger partial charge in [0.2, 0.25) is 5.91 Å². The van der Waals surface area contributed by atoms with Gasteiger partial charge in [0, 0.05) is 51.1 Å². The molecule has 1 aliphatic rings. The number of halogens is 2. The summed E-state index contributed by atoms with van der Waals surface area (Å²) in [6.07, 6.45) is 2.95. The van der Waals surface area contributed by atoms with E-state index in [1.54, 1.807) is 11.1 Å². The van der Waals surface area contributed by atoms with E-state index in [1.807, 2.05) is 29.9 Å². The maximum absolute atomic E-state index is 12.6. The Labute approximate surface area is 177 Å². The largest absolute Gasteiger partial charge is 0.341 e. The molecule has 0 fully saturated rings. The minimum atomic E-state index is 0. The number of pyridine rings is 1. The van der Waals surface area contributed by atoms with Crippen molar-refractivity contribution in [1.82, 2.24) is 25.0 Å². The van der Waals surface area contributed by atoms with Gasteiger partial charge < -0.3 is 10.2 Å². The molecular weight excluding hydrogens is 397 g/mol. The van der Waals surface area contributed by atoms with E-state index in [2.05, 4.69) is 33.6 Å². The summed E-state index contributed by atoms with van der Waals surface area (Å²) in [7, 11) is 1.86. The van der Waals surface area contributed by atoms with Crippen LogP contribution in [0.4, 0.5) is 0 Å². The van der Waals surface area contributed by atoms with E-state index in [0.717, 1.165) is 41.8 Å². The van der Waals surface area contributed by atoms with Crippen LogP contribution in [0.1, 0.15) is 23.4 Å². The number of aryl methyl sites for hydroxylation is 1. The number of carbonyl (C=O) groups is 1. The highest BCUT2D eigenvalue weighted by molar-refractivity contribution is 5.85. The number of carbonyl (C=O) groups excluding carboxylic acids is 1. The maximum atomic E-state index is 12.6. The van der Waals surface area contributed by atoms with Gasteiger partial charge in [-0.25, -0.2) is 0 Å². The molecule has 1 N–H and O–H groups in total. The maximum Gasteiger partial charge on any atom is 0.223 e. The lowest BCUT2D eigenvalue weighted by atomic mass is 10.1. The summed E-state index contributed by atoms with van der Waals surface area (Å²) in [4.78, 5) is 18.7. The monoisotopic (exact) mass is 421 g/mol. The molecule has 1 aliphatic heterocycles. The van der Waals surface area contributed by atoms with Gasteiger partial charge in [-0.1, -0.05) is 18.2 Å². The van der Waals surface area contributed by atoms with Gasteiger partial charge in [0.05, 0.1) is 23.4 Å². The van der Waals surface area contributed by atoms with Gasteiger partial charge in [0.25, 0.3) is 0 Å². The third-order valence-corrected chi connectivity index (χ3v) is 4.88. The number of nitrogens with one attached hydrogen (secondary N) is 1. The summed E-state index contributed by atoms with van der Waals surface area (Å²) in [6, 6.07) is 12.1. The number of hydrogen-bond acceptors (Lipinski definition) is 4. The van der Waals surface area contributed by atoms with Crippen molar-refractivity contribution < 1.29 is 4.79 Å². The fourth-order valence-corrected chi connectivity index (χ4v) is 3.45. The van der Waals surface area contributed by atoms with Gasteiger partial charge >= 0.3 is 0 Å². The first kappa shape index (κ1) is 22.1. The molecule has 1 aromatic carbocycles. The van der Waals surface area contributed by atoms with Crippen LogP contribution in [0.3, 0.4) is 0 Å². The summed E-state index contributed by atoms with van der Waals surface area (Å²) >= 11 is 0. The lowest BCUT2D eigenvalue weighted by molar-refractivity contribution is -0.130. The lowest BCUT2D eigenvalue weighted by Gasteiger charge is -2.18. The summed E-state index contributed by atoms with van der Waals surface area (Å²) in [5, 5.41) is 9.04. The molecule has 0 radical (unpaired) electrons. The van der Waals surface area contributed by atoms with E-state index in [4.69, 9.17) is 0 Å². The first-order valence-corrected chi connectivity index (χ1v) is 9.03. The van der Waals surface area contributed by atoms with Gasteiger partial charge in [0.15, 0.2) is 0 Å². The Kier molecular flexibility index (Phi) is 7.80. The molecule has 3 heterocycles. The minimum Gasteiger partial charge on any atom is -0.341 e. The molecule has 6 nitrogen and oxygen atoms in total. The molecule has 0 atom stereocenters. The number of benzene rings is 1. The molecular formula is C20H25Cl2N5O. The number of fused-ring (bicyclic) bond motifs is 2. The second kappa shape index (κ2) is 9.87. The Hall–Kier alpha value is -2.15. The number of aromatic nitrogens is 3. The van der Waals surface area contributed by atoms with Crippen LogP contribution < -0.4 is 5.32 Å². The quantitative estimate of drug-likeness (QED) is 0.687. The predicted octanol–water partition coefficient (Wildman–Crippen LogP) is 2.97. The SMILES string of the molecule is CN(Cc1cccc2ncccc12)C(=O)CCc1cc2n(n1)CCNC2.Cl.Cl. The van der Waals surface area contributed by atoms with E-state index in [-0.39, 0.29) is 30.7 Å². The lowest BCUT2D eigenvalue weighted by Crippen LogP contribution is -2.28. The Morgan fingerprint density at radius 2 is 2.11 bits per heavy atom. The van der Waals surface area contributed by atoms with Crippen molar-refractivity contribution in [3.8, 4) is 0 Å². The van der Waals surface area contributed by atoms with Gasteiger partial charge in [-0.3, -0.25) is 14.5 Å². The molecule has 4 rings (SSSR count). The molecule has 0 unspecified atom stereocenters. The van der Waals surface area contributed by atoms with Crippen LogP contribution in [-0.4, -0.2) is 39.2 Å². The van der Waals surface area contributed by atoms with E-state index in [1.165, 1.54) is 5.69 Å². The molecule has 0 aliphatic carbocycles. The van der Waals surface area contributed by atoms with Crippen molar-refractivity contribution in [1.29, 1.82) is 0 Å². The van der Waals surface area contributed by atoms with Crippen LogP contribution in [0, 0.1) is 0 Å². The van der Waals surface area contributed by atoms with Crippen LogP contribution in [0.25, 0.3) is 10.9 Å². The predicted molar refractivity (Wildman–Crippen MR) is 115 cm³/mol. The molecule has 0 spiro atoms. The van der Waals surface area contributed by atoms with Crippen molar-refractivity contribution in [3.63, 3.8) is 0 Å². The fraction of sp³-hybridized carbons (Fsp3) is 0.350. The number of hydrogen-bond donors (Lipinski definition) is 1. The van der Waals surface area contributed by atoms with Crippen LogP contribution in [-0.2, 0) is 30.8 Å². The fourth-order valence-electron chi connectivity index (χ4n) is 3.45. The van der Waals surface area contributed by atoms with E-state index in [0.29, 0.717) is 19.4 Å². The smallest absolute Gasteiger partial charge is 0.223 e. The van der Waals surface area contributed by atoms with Gasteiger partial charge in [0.1, 0.15) is 0 Å². The molecule has 28 heavy (non-hydrogen) atoms. The van der Waals surface area contributed by atoms with Crippen LogP contribution >= 0.6 is 24.8 Å². The molecule has 0 bridgehead atoms. The highest BCUT2D eigenvalue weighted by atomic mass is 35.5. The number of nitrogens with zero attached hydrogens (tertiary/aromatic N) is 4. The summed E-state index contributed by atoms with van der Waals surface area (Å²) in [5.74, 6) is 0.134. The average molecular weight is 422 g/mol. The van der Waals surface area contributed by atoms with E-state index in [9.17, 15) is 4.79 Å². The first-order chi connectivity index (χ1) is 12.7. The normalized spacial score (nSPS) is 12.6. The Morgan fingerprint density at radius 1 is 1.25 bits per heavy atom. The zero-order valence-corrected chi connectivity index (χ0v) is 17.4. The Balaban J connectivity index is 0.00000140. The van der Waals surface area contributed by atoms with Crippen LogP contribution in [0.2, 0.25) is 0 Å². The van der Waals surface area contributed by atoms with Gasteiger partial charge in [-0.15, -0.1) is 24.8 Å². The van der Waals surface area contributed by atoms with Crippen molar-refractivity contribution in [3.05, 3.63) is 59.5 Å². The Morgan fingerprint density at radius 3 is 2.93 bits per heavy atom. The summed E-state index contributed by atoms with van der Waals surface area (Å²) < 4.78 is 2.04. The second-order valence-electron chi connectivity index (χ2n) is 6.76. The molecule has 3 aromatic rings. The highest BCUT2D eigenvalue weighted by Crippen LogP contribution is 2.18. The topological polar surface area (TPSA) is 63.1 Å². The molecule has 8 heteroatoms. The van der Waals surface area contributed by atoms with Crippen molar-refractivity contribution in [2.24, 2.45) is 0 Å². The zero-order chi connectivity index (χ0) is 17.9. The Bertz CT molecular complexity index is 914. The molecule has 1 amide bonds. The molecule has 0 saturated carbocycles. The standard InChI is InChI=1S/C20H23N5O.2ClH/c1-24(14-15-4-2-6-19-18(15)5-3-9-22-19)20(26)8-7-16-12-17-13-21-10-11-25(17)23-16;;/h2-6,9,12,21H,7-8,10-11,13-14H2,1H3;2*1H. The number of amides is 1.